The number of hydrogen-bond donors (Lipinski definition) is 1. The zero-order valence-electron chi connectivity index (χ0n) is 14.0. The number of aryl methyl sites for hydroxylation is 3. The molecule has 4 nitrogen and oxygen atoms in total. The largest absolute Gasteiger partial charge is 0.492 e. The summed E-state index contributed by atoms with van der Waals surface area (Å²) < 4.78 is 5.57. The van der Waals surface area contributed by atoms with Gasteiger partial charge in [-0.05, 0) is 57.0 Å². The number of rotatable bonds is 6. The monoisotopic (exact) mass is 366 g/mol. The molecule has 1 aromatic heterocycles. The average molecular weight is 367 g/mol. The molecule has 24 heavy (non-hydrogen) atoms. The number of nitrogens with zero attached hydrogens (tertiary/aromatic N) is 1. The van der Waals surface area contributed by atoms with E-state index >= 15 is 0 Å². The number of halogens is 2. The highest BCUT2D eigenvalue weighted by molar-refractivity contribution is 6.35. The van der Waals surface area contributed by atoms with E-state index < -0.39 is 0 Å². The summed E-state index contributed by atoms with van der Waals surface area (Å²) in [7, 11) is 0. The summed E-state index contributed by atoms with van der Waals surface area (Å²) >= 11 is 11.9. The Kier molecular flexibility index (Phi) is 6.46. The zero-order valence-corrected chi connectivity index (χ0v) is 15.5. The minimum Gasteiger partial charge on any atom is -0.492 e. The first-order valence-corrected chi connectivity index (χ1v) is 8.45. The molecule has 0 radical (unpaired) electrons. The Morgan fingerprint density at radius 2 is 1.96 bits per heavy atom. The van der Waals surface area contributed by atoms with Crippen LogP contribution in [-0.2, 0) is 4.79 Å². The van der Waals surface area contributed by atoms with Crippen LogP contribution in [0.25, 0.3) is 0 Å². The lowest BCUT2D eigenvalue weighted by Crippen LogP contribution is -2.15. The minimum absolute atomic E-state index is 0.0577. The first-order valence-electron chi connectivity index (χ1n) is 7.69. The molecule has 0 aliphatic rings. The van der Waals surface area contributed by atoms with Gasteiger partial charge >= 0.3 is 0 Å². The van der Waals surface area contributed by atoms with Crippen molar-refractivity contribution in [2.24, 2.45) is 0 Å². The SMILES string of the molecule is Cc1cc(C)c(NC(=O)CCCOc2ccc(Cl)cc2Cl)c(C)n1. The Labute approximate surface area is 152 Å². The summed E-state index contributed by atoms with van der Waals surface area (Å²) in [4.78, 5) is 16.5. The summed E-state index contributed by atoms with van der Waals surface area (Å²) in [6, 6.07) is 7.01. The predicted molar refractivity (Wildman–Crippen MR) is 98.3 cm³/mol. The van der Waals surface area contributed by atoms with Crippen LogP contribution >= 0.6 is 23.2 Å². The second kappa shape index (κ2) is 8.36. The molecule has 0 unspecified atom stereocenters. The van der Waals surface area contributed by atoms with E-state index in [1.54, 1.807) is 18.2 Å². The number of aromatic nitrogens is 1. The van der Waals surface area contributed by atoms with Crippen molar-refractivity contribution in [3.8, 4) is 5.75 Å². The van der Waals surface area contributed by atoms with Crippen LogP contribution in [-0.4, -0.2) is 17.5 Å². The standard InChI is InChI=1S/C18H20Cl2N2O2/c1-11-9-12(2)21-13(3)18(11)22-17(23)5-4-8-24-16-7-6-14(19)10-15(16)20/h6-7,9-10H,4-5,8H2,1-3H3,(H,22,23). The number of nitrogens with one attached hydrogen (secondary N) is 1. The molecule has 1 aromatic carbocycles. The molecule has 0 aliphatic heterocycles. The minimum atomic E-state index is -0.0577. The van der Waals surface area contributed by atoms with E-state index in [9.17, 15) is 4.79 Å². The molecule has 0 spiro atoms. The zero-order chi connectivity index (χ0) is 17.7. The number of carbonyl (C=O) groups excluding carboxylic acids is 1. The maximum atomic E-state index is 12.1. The van der Waals surface area contributed by atoms with Gasteiger partial charge in [-0.15, -0.1) is 0 Å². The fourth-order valence-corrected chi connectivity index (χ4v) is 2.88. The highest BCUT2D eigenvalue weighted by atomic mass is 35.5. The number of carbonyl (C=O) groups is 1. The molecule has 0 saturated heterocycles. The van der Waals surface area contributed by atoms with Crippen molar-refractivity contribution in [3.05, 3.63) is 51.3 Å². The van der Waals surface area contributed by atoms with E-state index in [0.29, 0.717) is 35.2 Å². The van der Waals surface area contributed by atoms with Crippen LogP contribution in [0.2, 0.25) is 10.0 Å². The molecular weight excluding hydrogens is 347 g/mol. The van der Waals surface area contributed by atoms with Gasteiger partial charge in [0.2, 0.25) is 5.91 Å². The Bertz CT molecular complexity index is 725. The Balaban J connectivity index is 1.82. The second-order valence-corrected chi connectivity index (χ2v) is 6.46. The van der Waals surface area contributed by atoms with Crippen LogP contribution in [0.4, 0.5) is 5.69 Å². The van der Waals surface area contributed by atoms with Crippen LogP contribution in [0, 0.1) is 20.8 Å². The summed E-state index contributed by atoms with van der Waals surface area (Å²) in [6.07, 6.45) is 0.945. The summed E-state index contributed by atoms with van der Waals surface area (Å²) in [5.74, 6) is 0.508. The first kappa shape index (κ1) is 18.6. The van der Waals surface area contributed by atoms with Gasteiger partial charge in [0.1, 0.15) is 5.75 Å². The lowest BCUT2D eigenvalue weighted by molar-refractivity contribution is -0.116. The summed E-state index contributed by atoms with van der Waals surface area (Å²) in [6.45, 7) is 6.19. The van der Waals surface area contributed by atoms with Gasteiger partial charge in [0.15, 0.2) is 0 Å². The fraction of sp³-hybridized carbons (Fsp3) is 0.333. The van der Waals surface area contributed by atoms with Crippen molar-refractivity contribution < 1.29 is 9.53 Å². The van der Waals surface area contributed by atoms with Gasteiger partial charge in [0.25, 0.3) is 0 Å². The van der Waals surface area contributed by atoms with Crippen molar-refractivity contribution in [3.63, 3.8) is 0 Å². The van der Waals surface area contributed by atoms with Crippen LogP contribution in [0.5, 0.6) is 5.75 Å². The quantitative estimate of drug-likeness (QED) is 0.722. The van der Waals surface area contributed by atoms with Crippen LogP contribution < -0.4 is 10.1 Å². The van der Waals surface area contributed by atoms with E-state index in [0.717, 1.165) is 22.6 Å². The first-order chi connectivity index (χ1) is 11.4. The molecule has 1 N–H and O–H groups in total. The third kappa shape index (κ3) is 5.11. The lowest BCUT2D eigenvalue weighted by Gasteiger charge is -2.12. The highest BCUT2D eigenvalue weighted by Crippen LogP contribution is 2.27. The third-order valence-electron chi connectivity index (χ3n) is 3.49. The third-order valence-corrected chi connectivity index (χ3v) is 4.02. The molecule has 0 saturated carbocycles. The molecule has 2 rings (SSSR count). The highest BCUT2D eigenvalue weighted by Gasteiger charge is 2.09. The average Bonchev–Trinajstić information content (AvgIpc) is 2.49. The summed E-state index contributed by atoms with van der Waals surface area (Å²) in [5.41, 5.74) is 3.56. The molecule has 0 atom stereocenters. The number of benzene rings is 1. The number of ether oxygens (including phenoxy) is 1. The molecule has 0 fully saturated rings. The van der Waals surface area contributed by atoms with E-state index in [-0.39, 0.29) is 5.91 Å². The Morgan fingerprint density at radius 1 is 1.21 bits per heavy atom. The van der Waals surface area contributed by atoms with Gasteiger partial charge in [0.05, 0.1) is 23.0 Å². The van der Waals surface area contributed by atoms with Gasteiger partial charge in [-0.1, -0.05) is 23.2 Å². The molecule has 0 aliphatic carbocycles. The van der Waals surface area contributed by atoms with Gasteiger partial charge < -0.3 is 10.1 Å². The Hall–Kier alpha value is -1.78. The van der Waals surface area contributed by atoms with Crippen LogP contribution in [0.1, 0.15) is 29.8 Å². The van der Waals surface area contributed by atoms with Gasteiger partial charge in [0, 0.05) is 17.1 Å². The maximum absolute atomic E-state index is 12.1. The van der Waals surface area contributed by atoms with E-state index in [4.69, 9.17) is 27.9 Å². The summed E-state index contributed by atoms with van der Waals surface area (Å²) in [5, 5.41) is 3.94. The van der Waals surface area contributed by atoms with E-state index in [2.05, 4.69) is 10.3 Å². The fourth-order valence-electron chi connectivity index (χ4n) is 2.42. The smallest absolute Gasteiger partial charge is 0.224 e. The normalized spacial score (nSPS) is 10.5. The molecule has 6 heteroatoms. The van der Waals surface area contributed by atoms with E-state index in [1.165, 1.54) is 0 Å². The molecular formula is C18H20Cl2N2O2. The number of amides is 1. The molecule has 128 valence electrons. The molecule has 1 amide bonds. The van der Waals surface area contributed by atoms with Crippen molar-refractivity contribution in [2.75, 3.05) is 11.9 Å². The molecule has 2 aromatic rings. The van der Waals surface area contributed by atoms with Crippen LogP contribution in [0.3, 0.4) is 0 Å². The van der Waals surface area contributed by atoms with Gasteiger partial charge in [-0.2, -0.15) is 0 Å². The number of pyridine rings is 1. The number of anilines is 1. The van der Waals surface area contributed by atoms with Crippen LogP contribution in [0.15, 0.2) is 24.3 Å². The topological polar surface area (TPSA) is 51.2 Å². The Morgan fingerprint density at radius 3 is 2.62 bits per heavy atom. The van der Waals surface area contributed by atoms with E-state index in [1.807, 2.05) is 26.8 Å². The van der Waals surface area contributed by atoms with Crippen molar-refractivity contribution >= 4 is 34.8 Å². The lowest BCUT2D eigenvalue weighted by atomic mass is 10.1. The predicted octanol–water partition coefficient (Wildman–Crippen LogP) is 5.11. The van der Waals surface area contributed by atoms with Gasteiger partial charge in [-0.3, -0.25) is 9.78 Å². The van der Waals surface area contributed by atoms with Crippen molar-refractivity contribution in [1.82, 2.24) is 4.98 Å². The van der Waals surface area contributed by atoms with Crippen molar-refractivity contribution in [1.29, 1.82) is 0 Å². The van der Waals surface area contributed by atoms with Crippen molar-refractivity contribution in [2.45, 2.75) is 33.6 Å². The maximum Gasteiger partial charge on any atom is 0.224 e. The molecule has 0 bridgehead atoms. The van der Waals surface area contributed by atoms with Gasteiger partial charge in [-0.25, -0.2) is 0 Å². The number of hydrogen-bond acceptors (Lipinski definition) is 3. The second-order valence-electron chi connectivity index (χ2n) is 5.62. The molecule has 1 heterocycles.